The minimum Gasteiger partial charge on any atom is -0.382 e. The van der Waals surface area contributed by atoms with E-state index in [1.807, 2.05) is 0 Å². The molecule has 0 saturated carbocycles. The van der Waals surface area contributed by atoms with Gasteiger partial charge in [-0.1, -0.05) is 5.16 Å². The van der Waals surface area contributed by atoms with Gasteiger partial charge >= 0.3 is 0 Å². The molecule has 0 aliphatic heterocycles. The Bertz CT molecular complexity index is 517. The molecule has 2 heterocycles. The maximum atomic E-state index is 11.6. The zero-order valence-electron chi connectivity index (χ0n) is 9.23. The topological polar surface area (TPSA) is 123 Å². The van der Waals surface area contributed by atoms with Crippen LogP contribution in [0.4, 0.5) is 5.82 Å². The molecule has 0 fully saturated rings. The minimum atomic E-state index is -0.269. The van der Waals surface area contributed by atoms with Crippen molar-refractivity contribution in [2.75, 3.05) is 12.3 Å². The number of nitrogens with one attached hydrogen (secondary N) is 2. The van der Waals surface area contributed by atoms with Gasteiger partial charge in [-0.2, -0.15) is 10.1 Å². The molecule has 2 aromatic heterocycles. The summed E-state index contributed by atoms with van der Waals surface area (Å²) >= 11 is 0. The van der Waals surface area contributed by atoms with E-state index < -0.39 is 0 Å². The van der Waals surface area contributed by atoms with Crippen LogP contribution in [0.5, 0.6) is 0 Å². The number of hydrogen-bond acceptors (Lipinski definition) is 6. The summed E-state index contributed by atoms with van der Waals surface area (Å²) in [5, 5.41) is 12.6. The van der Waals surface area contributed by atoms with Crippen molar-refractivity contribution in [1.29, 1.82) is 0 Å². The molecule has 17 heavy (non-hydrogen) atoms. The Kier molecular flexibility index (Phi) is 3.03. The Morgan fingerprint density at radius 3 is 3.06 bits per heavy atom. The van der Waals surface area contributed by atoms with E-state index in [-0.39, 0.29) is 11.7 Å². The zero-order valence-corrected chi connectivity index (χ0v) is 9.23. The van der Waals surface area contributed by atoms with Gasteiger partial charge in [-0.3, -0.25) is 9.89 Å². The third-order valence-corrected chi connectivity index (χ3v) is 2.05. The highest BCUT2D eigenvalue weighted by Crippen LogP contribution is 2.00. The third-order valence-electron chi connectivity index (χ3n) is 2.05. The summed E-state index contributed by atoms with van der Waals surface area (Å²) in [6.07, 6.45) is 0.507. The molecule has 0 atom stereocenters. The fourth-order valence-electron chi connectivity index (χ4n) is 1.28. The lowest BCUT2D eigenvalue weighted by Crippen LogP contribution is -2.26. The van der Waals surface area contributed by atoms with Gasteiger partial charge in [0.2, 0.25) is 5.89 Å². The number of carbonyl (C=O) groups excluding carboxylic acids is 1. The largest absolute Gasteiger partial charge is 0.382 e. The number of anilines is 1. The Balaban J connectivity index is 1.81. The molecule has 0 saturated heterocycles. The molecule has 0 spiro atoms. The van der Waals surface area contributed by atoms with Crippen LogP contribution < -0.4 is 11.1 Å². The summed E-state index contributed by atoms with van der Waals surface area (Å²) in [5.74, 6) is 1.08. The minimum absolute atomic E-state index is 0.269. The predicted octanol–water partition coefficient (Wildman–Crippen LogP) is -0.344. The second kappa shape index (κ2) is 4.64. The van der Waals surface area contributed by atoms with E-state index in [9.17, 15) is 4.79 Å². The first-order valence-electron chi connectivity index (χ1n) is 5.03. The van der Waals surface area contributed by atoms with Crippen LogP contribution >= 0.6 is 0 Å². The number of nitrogens with two attached hydrogens (primary N) is 1. The van der Waals surface area contributed by atoms with Crippen molar-refractivity contribution >= 4 is 11.7 Å². The maximum absolute atomic E-state index is 11.6. The van der Waals surface area contributed by atoms with E-state index in [4.69, 9.17) is 10.3 Å². The quantitative estimate of drug-likeness (QED) is 0.667. The summed E-state index contributed by atoms with van der Waals surface area (Å²) in [4.78, 5) is 15.6. The van der Waals surface area contributed by atoms with Crippen LogP contribution in [-0.2, 0) is 6.42 Å². The van der Waals surface area contributed by atoms with Crippen molar-refractivity contribution in [2.24, 2.45) is 0 Å². The highest BCUT2D eigenvalue weighted by Gasteiger charge is 2.08. The summed E-state index contributed by atoms with van der Waals surface area (Å²) in [6, 6.07) is 1.47. The van der Waals surface area contributed by atoms with E-state index in [1.54, 1.807) is 6.92 Å². The average molecular weight is 236 g/mol. The molecular formula is C9H12N6O2. The van der Waals surface area contributed by atoms with Gasteiger partial charge in [0.1, 0.15) is 11.5 Å². The van der Waals surface area contributed by atoms with Crippen LogP contribution in [0.15, 0.2) is 10.6 Å². The number of hydrogen-bond donors (Lipinski definition) is 3. The van der Waals surface area contributed by atoms with E-state index in [2.05, 4.69) is 25.7 Å². The summed E-state index contributed by atoms with van der Waals surface area (Å²) in [6.45, 7) is 2.12. The molecule has 90 valence electrons. The van der Waals surface area contributed by atoms with E-state index in [0.717, 1.165) is 0 Å². The third kappa shape index (κ3) is 2.80. The van der Waals surface area contributed by atoms with Gasteiger partial charge in [0.05, 0.1) is 0 Å². The standard InChI is InChI=1S/C9H12N6O2/c1-5-12-8(15-17-5)2-3-11-9(16)6-4-7(10)14-13-6/h4H,2-3H2,1H3,(H,11,16)(H3,10,13,14). The lowest BCUT2D eigenvalue weighted by molar-refractivity contribution is 0.0949. The van der Waals surface area contributed by atoms with Gasteiger partial charge < -0.3 is 15.6 Å². The molecule has 0 aliphatic carbocycles. The number of amides is 1. The van der Waals surface area contributed by atoms with Crippen molar-refractivity contribution < 1.29 is 9.32 Å². The second-order valence-corrected chi connectivity index (χ2v) is 3.44. The van der Waals surface area contributed by atoms with Crippen molar-refractivity contribution in [3.05, 3.63) is 23.5 Å². The van der Waals surface area contributed by atoms with Crippen LogP contribution in [0.3, 0.4) is 0 Å². The number of nitrogens with zero attached hydrogens (tertiary/aromatic N) is 3. The molecule has 0 radical (unpaired) electrons. The van der Waals surface area contributed by atoms with Crippen LogP contribution in [0.25, 0.3) is 0 Å². The SMILES string of the molecule is Cc1nc(CCNC(=O)c2cc(N)n[nH]2)no1. The van der Waals surface area contributed by atoms with Crippen LogP contribution in [0.1, 0.15) is 22.2 Å². The predicted molar refractivity (Wildman–Crippen MR) is 58.1 cm³/mol. The molecule has 4 N–H and O–H groups in total. The number of rotatable bonds is 4. The smallest absolute Gasteiger partial charge is 0.269 e. The van der Waals surface area contributed by atoms with Crippen LogP contribution in [-0.4, -0.2) is 32.8 Å². The van der Waals surface area contributed by atoms with Crippen molar-refractivity contribution in [3.8, 4) is 0 Å². The lowest BCUT2D eigenvalue weighted by atomic mass is 10.3. The molecule has 8 heteroatoms. The van der Waals surface area contributed by atoms with Crippen molar-refractivity contribution in [1.82, 2.24) is 25.7 Å². The van der Waals surface area contributed by atoms with Gasteiger partial charge in [-0.25, -0.2) is 0 Å². The fraction of sp³-hybridized carbons (Fsp3) is 0.333. The monoisotopic (exact) mass is 236 g/mol. The molecule has 2 aromatic rings. The number of H-pyrrole nitrogens is 1. The normalized spacial score (nSPS) is 10.4. The van der Waals surface area contributed by atoms with Gasteiger partial charge in [-0.05, 0) is 0 Å². The zero-order chi connectivity index (χ0) is 12.3. The lowest BCUT2D eigenvalue weighted by Gasteiger charge is -1.99. The Hall–Kier alpha value is -2.38. The van der Waals surface area contributed by atoms with E-state index in [1.165, 1.54) is 6.07 Å². The maximum Gasteiger partial charge on any atom is 0.269 e. The second-order valence-electron chi connectivity index (χ2n) is 3.44. The van der Waals surface area contributed by atoms with E-state index >= 15 is 0 Å². The van der Waals surface area contributed by atoms with Gasteiger partial charge in [-0.15, -0.1) is 0 Å². The first-order chi connectivity index (χ1) is 8.15. The highest BCUT2D eigenvalue weighted by atomic mass is 16.5. The number of aromatic nitrogens is 4. The number of carbonyl (C=O) groups is 1. The molecule has 0 unspecified atom stereocenters. The summed E-state index contributed by atoms with van der Waals surface area (Å²) < 4.78 is 4.80. The molecular weight excluding hydrogens is 224 g/mol. The van der Waals surface area contributed by atoms with E-state index in [0.29, 0.717) is 30.4 Å². The van der Waals surface area contributed by atoms with Crippen molar-refractivity contribution in [2.45, 2.75) is 13.3 Å². The molecule has 1 amide bonds. The summed E-state index contributed by atoms with van der Waals surface area (Å²) in [5.41, 5.74) is 5.71. The first kappa shape index (κ1) is 11.1. The molecule has 2 rings (SSSR count). The van der Waals surface area contributed by atoms with Crippen LogP contribution in [0, 0.1) is 6.92 Å². The average Bonchev–Trinajstić information content (AvgIpc) is 2.88. The number of aromatic amines is 1. The molecule has 0 aromatic carbocycles. The number of aryl methyl sites for hydroxylation is 1. The fourth-order valence-corrected chi connectivity index (χ4v) is 1.28. The van der Waals surface area contributed by atoms with Gasteiger partial charge in [0.15, 0.2) is 5.82 Å². The van der Waals surface area contributed by atoms with Gasteiger partial charge in [0.25, 0.3) is 5.91 Å². The highest BCUT2D eigenvalue weighted by molar-refractivity contribution is 5.92. The molecule has 8 nitrogen and oxygen atoms in total. The molecule has 0 aliphatic rings. The Labute approximate surface area is 96.6 Å². The summed E-state index contributed by atoms with van der Waals surface area (Å²) in [7, 11) is 0. The van der Waals surface area contributed by atoms with Crippen LogP contribution in [0.2, 0.25) is 0 Å². The first-order valence-corrected chi connectivity index (χ1v) is 5.03. The Morgan fingerprint density at radius 2 is 2.47 bits per heavy atom. The number of nitrogen functional groups attached to an aromatic ring is 1. The Morgan fingerprint density at radius 1 is 1.65 bits per heavy atom. The van der Waals surface area contributed by atoms with Crippen molar-refractivity contribution in [3.63, 3.8) is 0 Å². The molecule has 0 bridgehead atoms. The van der Waals surface area contributed by atoms with Gasteiger partial charge in [0, 0.05) is 26.0 Å².